The predicted octanol–water partition coefficient (Wildman–Crippen LogP) is 2.48. The van der Waals surface area contributed by atoms with Crippen LogP contribution in [-0.4, -0.2) is 20.1 Å². The van der Waals surface area contributed by atoms with E-state index in [0.717, 1.165) is 4.88 Å². The van der Waals surface area contributed by atoms with Crippen LogP contribution in [0, 0.1) is 6.92 Å². The molecule has 0 saturated carbocycles. The van der Waals surface area contributed by atoms with Crippen LogP contribution in [0.5, 0.6) is 0 Å². The van der Waals surface area contributed by atoms with Gasteiger partial charge in [-0.1, -0.05) is 23.0 Å². The second kappa shape index (κ2) is 5.59. The molecule has 0 fully saturated rings. The van der Waals surface area contributed by atoms with Crippen molar-refractivity contribution in [1.82, 2.24) is 20.1 Å². The highest BCUT2D eigenvalue weighted by molar-refractivity contribution is 7.98. The number of nitrogens with zero attached hydrogens (tertiary/aromatic N) is 3. The first-order valence-electron chi connectivity index (χ1n) is 5.78. The topological polar surface area (TPSA) is 84.7 Å². The van der Waals surface area contributed by atoms with Gasteiger partial charge in [-0.3, -0.25) is 4.79 Å². The standard InChI is InChI=1S/C12H10N4O2S2/c1-7-5-9(17)14-12(13-7)20-6-10-15-11(16-18-10)8-3-2-4-19-8/h2-5H,6H2,1H3,(H,13,14,17). The van der Waals surface area contributed by atoms with E-state index in [-0.39, 0.29) is 5.56 Å². The van der Waals surface area contributed by atoms with Crippen LogP contribution < -0.4 is 5.56 Å². The van der Waals surface area contributed by atoms with Gasteiger partial charge in [0.05, 0.1) is 10.6 Å². The van der Waals surface area contributed by atoms with Gasteiger partial charge >= 0.3 is 0 Å². The van der Waals surface area contributed by atoms with Gasteiger partial charge in [0.1, 0.15) is 0 Å². The summed E-state index contributed by atoms with van der Waals surface area (Å²) in [6, 6.07) is 5.32. The normalized spacial score (nSPS) is 10.8. The Bertz CT molecular complexity index is 764. The molecule has 0 aromatic carbocycles. The van der Waals surface area contributed by atoms with Crippen molar-refractivity contribution in [2.45, 2.75) is 17.8 Å². The van der Waals surface area contributed by atoms with E-state index in [0.29, 0.717) is 28.3 Å². The lowest BCUT2D eigenvalue weighted by atomic mass is 10.4. The van der Waals surface area contributed by atoms with E-state index in [1.807, 2.05) is 17.5 Å². The largest absolute Gasteiger partial charge is 0.338 e. The molecule has 3 heterocycles. The van der Waals surface area contributed by atoms with Crippen molar-refractivity contribution in [1.29, 1.82) is 0 Å². The number of aromatic nitrogens is 4. The molecular weight excluding hydrogens is 296 g/mol. The number of aromatic amines is 1. The Morgan fingerprint density at radius 2 is 2.35 bits per heavy atom. The van der Waals surface area contributed by atoms with Crippen molar-refractivity contribution in [3.63, 3.8) is 0 Å². The highest BCUT2D eigenvalue weighted by atomic mass is 32.2. The monoisotopic (exact) mass is 306 g/mol. The molecule has 0 aliphatic rings. The van der Waals surface area contributed by atoms with Crippen LogP contribution in [0.25, 0.3) is 10.7 Å². The second-order valence-corrected chi connectivity index (χ2v) is 5.88. The van der Waals surface area contributed by atoms with Gasteiger partial charge in [-0.25, -0.2) is 4.98 Å². The third-order valence-electron chi connectivity index (χ3n) is 2.39. The van der Waals surface area contributed by atoms with Crippen LogP contribution in [-0.2, 0) is 5.75 Å². The summed E-state index contributed by atoms with van der Waals surface area (Å²) >= 11 is 2.91. The first-order chi connectivity index (χ1) is 9.70. The quantitative estimate of drug-likeness (QED) is 0.589. The molecule has 1 N–H and O–H groups in total. The fraction of sp³-hybridized carbons (Fsp3) is 0.167. The highest BCUT2D eigenvalue weighted by Gasteiger charge is 2.10. The minimum atomic E-state index is -0.162. The van der Waals surface area contributed by atoms with Crippen molar-refractivity contribution in [3.8, 4) is 10.7 Å². The molecule has 20 heavy (non-hydrogen) atoms. The van der Waals surface area contributed by atoms with E-state index in [9.17, 15) is 4.79 Å². The molecule has 3 rings (SSSR count). The highest BCUT2D eigenvalue weighted by Crippen LogP contribution is 2.23. The zero-order valence-corrected chi connectivity index (χ0v) is 12.1. The van der Waals surface area contributed by atoms with Crippen molar-refractivity contribution >= 4 is 23.1 Å². The Morgan fingerprint density at radius 1 is 1.45 bits per heavy atom. The zero-order valence-electron chi connectivity index (χ0n) is 10.5. The first-order valence-corrected chi connectivity index (χ1v) is 7.64. The maximum Gasteiger partial charge on any atom is 0.251 e. The maximum atomic E-state index is 11.3. The minimum Gasteiger partial charge on any atom is -0.338 e. The number of aryl methyl sites for hydroxylation is 1. The van der Waals surface area contributed by atoms with Gasteiger partial charge in [0.2, 0.25) is 11.7 Å². The number of thioether (sulfide) groups is 1. The Morgan fingerprint density at radius 3 is 3.10 bits per heavy atom. The van der Waals surface area contributed by atoms with Crippen LogP contribution in [0.2, 0.25) is 0 Å². The van der Waals surface area contributed by atoms with Gasteiger partial charge in [-0.15, -0.1) is 11.3 Å². The number of H-pyrrole nitrogens is 1. The van der Waals surface area contributed by atoms with E-state index in [1.54, 1.807) is 18.3 Å². The van der Waals surface area contributed by atoms with Crippen LogP contribution in [0.3, 0.4) is 0 Å². The van der Waals surface area contributed by atoms with E-state index in [1.165, 1.54) is 17.8 Å². The lowest BCUT2D eigenvalue weighted by Gasteiger charge is -1.98. The fourth-order valence-electron chi connectivity index (χ4n) is 1.57. The van der Waals surface area contributed by atoms with Gasteiger partial charge in [-0.05, 0) is 18.4 Å². The Kier molecular flexibility index (Phi) is 3.66. The number of rotatable bonds is 4. The van der Waals surface area contributed by atoms with Crippen LogP contribution in [0.1, 0.15) is 11.6 Å². The molecule has 0 bridgehead atoms. The molecule has 0 amide bonds. The second-order valence-electron chi connectivity index (χ2n) is 3.97. The zero-order chi connectivity index (χ0) is 13.9. The van der Waals surface area contributed by atoms with Crippen molar-refractivity contribution in [2.75, 3.05) is 0 Å². The van der Waals surface area contributed by atoms with Gasteiger partial charge in [0, 0.05) is 11.8 Å². The number of nitrogens with one attached hydrogen (secondary N) is 1. The summed E-state index contributed by atoms with van der Waals surface area (Å²) in [5.74, 6) is 1.55. The lowest BCUT2D eigenvalue weighted by molar-refractivity contribution is 0.391. The Labute approximate surface area is 122 Å². The molecule has 0 saturated heterocycles. The average molecular weight is 306 g/mol. The Balaban J connectivity index is 1.71. The molecular formula is C12H10N4O2S2. The molecule has 102 valence electrons. The summed E-state index contributed by atoms with van der Waals surface area (Å²) in [6.45, 7) is 1.78. The average Bonchev–Trinajstić information content (AvgIpc) is 3.06. The SMILES string of the molecule is Cc1cc(=O)[nH]c(SCc2nc(-c3cccs3)no2)n1. The smallest absolute Gasteiger partial charge is 0.251 e. The van der Waals surface area contributed by atoms with E-state index >= 15 is 0 Å². The first kappa shape index (κ1) is 13.1. The van der Waals surface area contributed by atoms with Crippen molar-refractivity contribution in [2.24, 2.45) is 0 Å². The van der Waals surface area contributed by atoms with E-state index in [2.05, 4.69) is 20.1 Å². The third kappa shape index (κ3) is 2.97. The molecule has 3 aromatic rings. The van der Waals surface area contributed by atoms with Gasteiger partial charge in [0.15, 0.2) is 5.16 Å². The van der Waals surface area contributed by atoms with Gasteiger partial charge in [-0.2, -0.15) is 4.98 Å². The summed E-state index contributed by atoms with van der Waals surface area (Å²) in [5.41, 5.74) is 0.519. The van der Waals surface area contributed by atoms with E-state index < -0.39 is 0 Å². The van der Waals surface area contributed by atoms with Crippen molar-refractivity contribution in [3.05, 3.63) is 45.5 Å². The fourth-order valence-corrected chi connectivity index (χ4v) is 2.98. The third-order valence-corrected chi connectivity index (χ3v) is 4.11. The summed E-state index contributed by atoms with van der Waals surface area (Å²) in [4.78, 5) is 23.5. The molecule has 0 unspecified atom stereocenters. The molecule has 0 spiro atoms. The molecule has 8 heteroatoms. The summed E-state index contributed by atoms with van der Waals surface area (Å²) < 4.78 is 5.18. The molecule has 0 aliphatic carbocycles. The molecule has 3 aromatic heterocycles. The Hall–Kier alpha value is -1.93. The van der Waals surface area contributed by atoms with Crippen LogP contribution in [0.4, 0.5) is 0 Å². The predicted molar refractivity (Wildman–Crippen MR) is 76.8 cm³/mol. The number of hydrogen-bond donors (Lipinski definition) is 1. The summed E-state index contributed by atoms with van der Waals surface area (Å²) in [6.07, 6.45) is 0. The molecule has 0 atom stereocenters. The maximum absolute atomic E-state index is 11.3. The molecule has 0 radical (unpaired) electrons. The molecule has 6 nitrogen and oxygen atoms in total. The van der Waals surface area contributed by atoms with E-state index in [4.69, 9.17) is 4.52 Å². The van der Waals surface area contributed by atoms with Crippen LogP contribution >= 0.6 is 23.1 Å². The van der Waals surface area contributed by atoms with Crippen molar-refractivity contribution < 1.29 is 4.52 Å². The lowest BCUT2D eigenvalue weighted by Crippen LogP contribution is -2.08. The number of hydrogen-bond acceptors (Lipinski definition) is 7. The van der Waals surface area contributed by atoms with Gasteiger partial charge < -0.3 is 9.51 Å². The number of thiophene rings is 1. The minimum absolute atomic E-state index is 0.162. The summed E-state index contributed by atoms with van der Waals surface area (Å²) in [7, 11) is 0. The summed E-state index contributed by atoms with van der Waals surface area (Å²) in [5, 5.41) is 6.43. The molecule has 0 aliphatic heterocycles. The van der Waals surface area contributed by atoms with Crippen LogP contribution in [0.15, 0.2) is 38.1 Å². The van der Waals surface area contributed by atoms with Gasteiger partial charge in [0.25, 0.3) is 5.56 Å².